The normalized spacial score (nSPS) is 13.0. The van der Waals surface area contributed by atoms with Crippen LogP contribution in [0.25, 0.3) is 0 Å². The van der Waals surface area contributed by atoms with Gasteiger partial charge in [-0.1, -0.05) is 218 Å². The van der Waals surface area contributed by atoms with E-state index < -0.39 is 12.4 Å². The lowest BCUT2D eigenvalue weighted by atomic mass is 10.1. The summed E-state index contributed by atoms with van der Waals surface area (Å²) in [4.78, 5) is 28.4. The number of unbranched alkanes of at least 4 members (excludes halogenated alkanes) is 34. The second-order valence-corrected chi connectivity index (χ2v) is 19.6. The third kappa shape index (κ3) is 49.8. The smallest absolute Gasteiger partial charge is 0.308 e. The second-order valence-electron chi connectivity index (χ2n) is 19.6. The van der Waals surface area contributed by atoms with Gasteiger partial charge >= 0.3 is 11.9 Å². The van der Waals surface area contributed by atoms with Crippen molar-refractivity contribution in [1.29, 1.82) is 0 Å². The van der Waals surface area contributed by atoms with E-state index in [2.05, 4.69) is 57.2 Å². The molecule has 0 aromatic heterocycles. The average molecular weight is 915 g/mol. The van der Waals surface area contributed by atoms with Crippen LogP contribution >= 0.6 is 0 Å². The Kier molecular flexibility index (Phi) is 51.5. The quantitative estimate of drug-likeness (QED) is 0.0262. The Bertz CT molecular complexity index is 1070. The molecule has 0 spiro atoms. The minimum atomic E-state index is -0.894. The number of nitrogens with zero attached hydrogens (tertiary/aromatic N) is 1. The Morgan fingerprint density at radius 3 is 0.969 bits per heavy atom. The van der Waals surface area contributed by atoms with Crippen LogP contribution in [0.4, 0.5) is 0 Å². The van der Waals surface area contributed by atoms with Crippen molar-refractivity contribution in [2.45, 2.75) is 303 Å². The Balaban J connectivity index is 4.73. The third-order valence-electron chi connectivity index (χ3n) is 12.6. The molecule has 0 rings (SSSR count). The molecule has 2 unspecified atom stereocenters. The molecule has 0 heterocycles. The van der Waals surface area contributed by atoms with E-state index in [0.717, 1.165) is 64.2 Å². The lowest BCUT2D eigenvalue weighted by Crippen LogP contribution is -2.43. The summed E-state index contributed by atoms with van der Waals surface area (Å²) in [6, 6.07) is 0. The van der Waals surface area contributed by atoms with Crippen molar-refractivity contribution in [3.63, 3.8) is 0 Å². The first-order valence-electron chi connectivity index (χ1n) is 28.5. The van der Waals surface area contributed by atoms with Crippen molar-refractivity contribution in [3.8, 4) is 0 Å². The molecule has 0 bridgehead atoms. The molecule has 0 aliphatic rings. The van der Waals surface area contributed by atoms with E-state index in [0.29, 0.717) is 26.0 Å². The fraction of sp³-hybridized carbons (Fsp3) is 0.864. The highest BCUT2D eigenvalue weighted by atomic mass is 16.7. The van der Waals surface area contributed by atoms with E-state index in [1.54, 1.807) is 0 Å². The molecule has 0 amide bonds. The molecule has 0 aromatic rings. The summed E-state index contributed by atoms with van der Waals surface area (Å²) in [7, 11) is 3.92. The van der Waals surface area contributed by atoms with Gasteiger partial charge in [-0.05, 0) is 110 Å². The van der Waals surface area contributed by atoms with Crippen molar-refractivity contribution in [2.75, 3.05) is 27.2 Å². The largest absolute Gasteiger partial charge is 0.454 e. The number of likely N-dealkylation sites (N-methyl/N-ethyl adjacent to an activating group) is 1. The Morgan fingerprint density at radius 1 is 0.369 bits per heavy atom. The first-order valence-corrected chi connectivity index (χ1v) is 28.5. The molecule has 2 atom stereocenters. The number of rotatable bonds is 52. The molecule has 0 saturated heterocycles. The molecule has 382 valence electrons. The highest BCUT2D eigenvalue weighted by Crippen LogP contribution is 2.17. The molecule has 0 saturated carbocycles. The van der Waals surface area contributed by atoms with Gasteiger partial charge in [-0.2, -0.15) is 0 Å². The van der Waals surface area contributed by atoms with E-state index >= 15 is 0 Å². The van der Waals surface area contributed by atoms with Crippen LogP contribution in [0, 0.1) is 0 Å². The number of ether oxygens (including phenoxy) is 3. The van der Waals surface area contributed by atoms with Crippen molar-refractivity contribution in [2.24, 2.45) is 0 Å². The van der Waals surface area contributed by atoms with Gasteiger partial charge in [-0.15, -0.1) is 0 Å². The summed E-state index contributed by atoms with van der Waals surface area (Å²) in [6.07, 6.45) is 62.6. The van der Waals surface area contributed by atoms with E-state index in [9.17, 15) is 9.59 Å². The van der Waals surface area contributed by atoms with Gasteiger partial charge in [0.15, 0.2) is 6.10 Å². The highest BCUT2D eigenvalue weighted by molar-refractivity contribution is 5.70. The van der Waals surface area contributed by atoms with Crippen LogP contribution in [0.3, 0.4) is 0 Å². The summed E-state index contributed by atoms with van der Waals surface area (Å²) in [5, 5.41) is 0. The summed E-state index contributed by atoms with van der Waals surface area (Å²) >= 11 is 0. The Morgan fingerprint density at radius 2 is 0.646 bits per heavy atom. The molecule has 0 fully saturated rings. The molecule has 6 nitrogen and oxygen atoms in total. The fourth-order valence-corrected chi connectivity index (χ4v) is 8.40. The number of carbonyl (C=O) groups excluding carboxylic acids is 2. The maximum absolute atomic E-state index is 13.2. The maximum Gasteiger partial charge on any atom is 0.308 e. The van der Waals surface area contributed by atoms with E-state index in [-0.39, 0.29) is 11.9 Å². The summed E-state index contributed by atoms with van der Waals surface area (Å²) in [5.41, 5.74) is 0. The van der Waals surface area contributed by atoms with E-state index in [4.69, 9.17) is 14.2 Å². The van der Waals surface area contributed by atoms with Gasteiger partial charge in [0, 0.05) is 19.4 Å². The van der Waals surface area contributed by atoms with E-state index in [1.165, 1.54) is 193 Å². The van der Waals surface area contributed by atoms with Crippen LogP contribution in [0.2, 0.25) is 0 Å². The molecular formula is C59H111NO5. The number of esters is 2. The van der Waals surface area contributed by atoms with Gasteiger partial charge < -0.3 is 19.1 Å². The van der Waals surface area contributed by atoms with Gasteiger partial charge in [0.1, 0.15) is 0 Å². The zero-order valence-electron chi connectivity index (χ0n) is 44.2. The predicted octanol–water partition coefficient (Wildman–Crippen LogP) is 18.5. The molecule has 0 aliphatic heterocycles. The van der Waals surface area contributed by atoms with Crippen LogP contribution in [0.1, 0.15) is 290 Å². The zero-order valence-corrected chi connectivity index (χ0v) is 44.2. The van der Waals surface area contributed by atoms with Crippen molar-refractivity contribution in [3.05, 3.63) is 36.5 Å². The molecule has 65 heavy (non-hydrogen) atoms. The SMILES string of the molecule is CCCCCCCC/C=C\CCCCCCCCOC(OC(=O)CCCCCCC/C=C\CCCCCCCC)C(CN(C)C)OC(=O)CCCCCCC/C=C\CCCCCCCC. The summed E-state index contributed by atoms with van der Waals surface area (Å²) in [6.45, 7) is 7.75. The standard InChI is InChI=1S/C59H111NO5/c1-6-9-12-15-18-21-24-27-30-33-36-39-42-45-48-51-54-63-59(65-58(62)53-50-47-44-41-38-35-32-29-26-23-20-17-14-11-8-3)56(55-60(4)5)64-57(61)52-49-46-43-40-37-34-31-28-25-22-19-16-13-10-7-2/h27-32,56,59H,6-26,33-55H2,1-5H3/b30-27-,31-28-,32-29-. The van der Waals surface area contributed by atoms with Crippen LogP contribution in [-0.2, 0) is 23.8 Å². The lowest BCUT2D eigenvalue weighted by Gasteiger charge is -2.29. The molecule has 0 N–H and O–H groups in total. The monoisotopic (exact) mass is 914 g/mol. The molecule has 0 radical (unpaired) electrons. The van der Waals surface area contributed by atoms with E-state index in [1.807, 2.05) is 19.0 Å². The minimum absolute atomic E-state index is 0.228. The van der Waals surface area contributed by atoms with Gasteiger partial charge in [0.05, 0.1) is 6.61 Å². The first-order chi connectivity index (χ1) is 31.9. The number of hydrogen-bond donors (Lipinski definition) is 0. The first kappa shape index (κ1) is 63.1. The van der Waals surface area contributed by atoms with Crippen molar-refractivity contribution >= 4 is 11.9 Å². The number of carbonyl (C=O) groups is 2. The molecule has 6 heteroatoms. The lowest BCUT2D eigenvalue weighted by molar-refractivity contribution is -0.215. The molecule has 0 aliphatic carbocycles. The minimum Gasteiger partial charge on any atom is -0.454 e. The fourth-order valence-electron chi connectivity index (χ4n) is 8.40. The van der Waals surface area contributed by atoms with Crippen LogP contribution in [-0.4, -0.2) is 56.5 Å². The van der Waals surface area contributed by atoms with Crippen LogP contribution in [0.15, 0.2) is 36.5 Å². The van der Waals surface area contributed by atoms with Gasteiger partial charge in [0.25, 0.3) is 0 Å². The average Bonchev–Trinajstić information content (AvgIpc) is 3.29. The van der Waals surface area contributed by atoms with Gasteiger partial charge in [-0.25, -0.2) is 0 Å². The van der Waals surface area contributed by atoms with Crippen LogP contribution in [0.5, 0.6) is 0 Å². The highest BCUT2D eigenvalue weighted by Gasteiger charge is 2.30. The van der Waals surface area contributed by atoms with Crippen molar-refractivity contribution < 1.29 is 23.8 Å². The Labute approximate surface area is 405 Å². The van der Waals surface area contributed by atoms with Gasteiger partial charge in [-0.3, -0.25) is 9.59 Å². The zero-order chi connectivity index (χ0) is 47.4. The summed E-state index contributed by atoms with van der Waals surface area (Å²) in [5.74, 6) is -0.487. The second kappa shape index (κ2) is 53.0. The topological polar surface area (TPSA) is 65.1 Å². The number of allylic oxidation sites excluding steroid dienone is 6. The number of hydrogen-bond acceptors (Lipinski definition) is 6. The third-order valence-corrected chi connectivity index (χ3v) is 12.6. The molecule has 0 aromatic carbocycles. The predicted molar refractivity (Wildman–Crippen MR) is 283 cm³/mol. The van der Waals surface area contributed by atoms with Crippen LogP contribution < -0.4 is 0 Å². The Hall–Kier alpha value is -1.92. The maximum atomic E-state index is 13.2. The van der Waals surface area contributed by atoms with Gasteiger partial charge in [0.2, 0.25) is 6.29 Å². The summed E-state index contributed by atoms with van der Waals surface area (Å²) < 4.78 is 18.4. The molecular weight excluding hydrogens is 803 g/mol. The van der Waals surface area contributed by atoms with Crippen molar-refractivity contribution in [1.82, 2.24) is 4.90 Å².